The van der Waals surface area contributed by atoms with Crippen molar-refractivity contribution in [2.24, 2.45) is 0 Å². The zero-order valence-corrected chi connectivity index (χ0v) is 8.02. The van der Waals surface area contributed by atoms with Crippen molar-refractivity contribution in [3.8, 4) is 0 Å². The summed E-state index contributed by atoms with van der Waals surface area (Å²) >= 11 is 2.02. The summed E-state index contributed by atoms with van der Waals surface area (Å²) in [5.74, 6) is -1.09. The van der Waals surface area contributed by atoms with Gasteiger partial charge >= 0.3 is 0 Å². The van der Waals surface area contributed by atoms with E-state index < -0.39 is 11.6 Å². The number of nitrogens with one attached hydrogen (secondary N) is 1. The summed E-state index contributed by atoms with van der Waals surface area (Å²) in [6.45, 7) is 0. The Labute approximate surface area is 80.9 Å². The van der Waals surface area contributed by atoms with Crippen molar-refractivity contribution in [1.29, 1.82) is 0 Å². The predicted octanol–water partition coefficient (Wildman–Crippen LogP) is 3.05. The Balaban J connectivity index is 2.92. The zero-order valence-electron chi connectivity index (χ0n) is 5.87. The van der Waals surface area contributed by atoms with Crippen molar-refractivity contribution < 1.29 is 8.78 Å². The van der Waals surface area contributed by atoms with Crippen molar-refractivity contribution in [2.45, 2.75) is 0 Å². The van der Waals surface area contributed by atoms with Gasteiger partial charge < -0.3 is 4.98 Å². The molecule has 0 fully saturated rings. The van der Waals surface area contributed by atoms with Gasteiger partial charge in [-0.1, -0.05) is 0 Å². The van der Waals surface area contributed by atoms with Gasteiger partial charge in [0, 0.05) is 21.2 Å². The van der Waals surface area contributed by atoms with Gasteiger partial charge in [-0.25, -0.2) is 8.78 Å². The molecule has 4 heteroatoms. The number of benzene rings is 1. The molecule has 1 N–H and O–H groups in total. The van der Waals surface area contributed by atoms with Gasteiger partial charge in [-0.3, -0.25) is 0 Å². The second-order valence-corrected chi connectivity index (χ2v) is 3.61. The van der Waals surface area contributed by atoms with Gasteiger partial charge in [-0.05, 0) is 28.7 Å². The van der Waals surface area contributed by atoms with Crippen LogP contribution < -0.4 is 0 Å². The van der Waals surface area contributed by atoms with Gasteiger partial charge in [0.25, 0.3) is 0 Å². The molecule has 0 aliphatic heterocycles. The molecule has 1 aromatic heterocycles. The quantitative estimate of drug-likeness (QED) is 0.713. The largest absolute Gasteiger partial charge is 0.358 e. The summed E-state index contributed by atoms with van der Waals surface area (Å²) in [5.41, 5.74) is 0.362. The number of hydrogen-bond donors (Lipinski definition) is 1. The first-order valence-electron chi connectivity index (χ1n) is 3.30. The minimum Gasteiger partial charge on any atom is -0.358 e. The summed E-state index contributed by atoms with van der Waals surface area (Å²) in [5, 5.41) is 0.591. The van der Waals surface area contributed by atoms with Crippen LogP contribution >= 0.6 is 22.6 Å². The lowest BCUT2D eigenvalue weighted by atomic mass is 10.2. The van der Waals surface area contributed by atoms with Crippen molar-refractivity contribution >= 4 is 33.5 Å². The summed E-state index contributed by atoms with van der Waals surface area (Å²) < 4.78 is 26.5. The fraction of sp³-hybridized carbons (Fsp3) is 0. The van der Waals surface area contributed by atoms with E-state index in [4.69, 9.17) is 0 Å². The van der Waals surface area contributed by atoms with Gasteiger partial charge in [0.1, 0.15) is 11.6 Å². The third-order valence-electron chi connectivity index (χ3n) is 1.66. The first-order valence-corrected chi connectivity index (χ1v) is 4.38. The molecule has 62 valence electrons. The molecule has 0 bridgehead atoms. The van der Waals surface area contributed by atoms with E-state index in [9.17, 15) is 8.78 Å². The van der Waals surface area contributed by atoms with Crippen molar-refractivity contribution in [1.82, 2.24) is 4.98 Å². The molecular weight excluding hydrogens is 275 g/mol. The van der Waals surface area contributed by atoms with Crippen molar-refractivity contribution in [3.63, 3.8) is 0 Å². The zero-order chi connectivity index (χ0) is 8.72. The average Bonchev–Trinajstić information content (AvgIpc) is 2.33. The predicted molar refractivity (Wildman–Crippen MR) is 50.9 cm³/mol. The van der Waals surface area contributed by atoms with Gasteiger partial charge in [0.15, 0.2) is 0 Å². The number of aromatic nitrogens is 1. The van der Waals surface area contributed by atoms with Crippen LogP contribution in [0.5, 0.6) is 0 Å². The standard InChI is InChI=1S/C8H4F2IN/c9-4-1-5-7(11)3-12-8(5)6(10)2-4/h1-3,12H. The molecule has 0 spiro atoms. The van der Waals surface area contributed by atoms with Gasteiger partial charge in [0.2, 0.25) is 0 Å². The second kappa shape index (κ2) is 2.69. The van der Waals surface area contributed by atoms with Crippen LogP contribution in [0.25, 0.3) is 10.9 Å². The highest BCUT2D eigenvalue weighted by molar-refractivity contribution is 14.1. The molecule has 0 atom stereocenters. The molecule has 0 saturated carbocycles. The van der Waals surface area contributed by atoms with Crippen LogP contribution in [0.1, 0.15) is 0 Å². The number of hydrogen-bond acceptors (Lipinski definition) is 0. The van der Waals surface area contributed by atoms with Crippen LogP contribution in [0.4, 0.5) is 8.78 Å². The van der Waals surface area contributed by atoms with Crippen LogP contribution in [0.3, 0.4) is 0 Å². The van der Waals surface area contributed by atoms with E-state index in [0.717, 1.165) is 9.64 Å². The Kier molecular flexibility index (Phi) is 1.79. The Morgan fingerprint density at radius 1 is 1.25 bits per heavy atom. The Morgan fingerprint density at radius 3 is 2.75 bits per heavy atom. The number of aromatic amines is 1. The SMILES string of the molecule is Fc1cc(F)c2[nH]cc(I)c2c1. The first-order chi connectivity index (χ1) is 5.68. The van der Waals surface area contributed by atoms with Crippen LogP contribution in [0.15, 0.2) is 18.3 Å². The Morgan fingerprint density at radius 2 is 2.00 bits per heavy atom. The molecule has 0 aliphatic rings. The lowest BCUT2D eigenvalue weighted by Gasteiger charge is -1.93. The third-order valence-corrected chi connectivity index (χ3v) is 2.55. The maximum atomic E-state index is 13.0. The van der Waals surface area contributed by atoms with E-state index in [-0.39, 0.29) is 0 Å². The van der Waals surface area contributed by atoms with E-state index in [1.165, 1.54) is 6.07 Å². The molecule has 2 rings (SSSR count). The first kappa shape index (κ1) is 7.97. The molecule has 0 radical (unpaired) electrons. The normalized spacial score (nSPS) is 10.9. The minimum absolute atomic E-state index is 0.362. The van der Waals surface area contributed by atoms with E-state index in [2.05, 4.69) is 4.98 Å². The van der Waals surface area contributed by atoms with Gasteiger partial charge in [-0.2, -0.15) is 0 Å². The number of rotatable bonds is 0. The molecule has 1 aromatic carbocycles. The Bertz CT molecular complexity index is 436. The van der Waals surface area contributed by atoms with E-state index >= 15 is 0 Å². The number of fused-ring (bicyclic) bond motifs is 1. The topological polar surface area (TPSA) is 15.8 Å². The molecular formula is C8H4F2IN. The van der Waals surface area contributed by atoms with Crippen LogP contribution in [0, 0.1) is 15.2 Å². The summed E-state index contributed by atoms with van der Waals surface area (Å²) in [4.78, 5) is 2.73. The fourth-order valence-corrected chi connectivity index (χ4v) is 1.70. The fourth-order valence-electron chi connectivity index (χ4n) is 1.12. The van der Waals surface area contributed by atoms with Gasteiger partial charge in [0.05, 0.1) is 5.52 Å². The van der Waals surface area contributed by atoms with Gasteiger partial charge in [-0.15, -0.1) is 0 Å². The highest BCUT2D eigenvalue weighted by Gasteiger charge is 2.07. The number of halogens is 3. The summed E-state index contributed by atoms with van der Waals surface area (Å²) in [7, 11) is 0. The number of H-pyrrole nitrogens is 1. The van der Waals surface area contributed by atoms with Crippen LogP contribution in [0.2, 0.25) is 0 Å². The summed E-state index contributed by atoms with van der Waals surface area (Å²) in [6, 6.07) is 2.19. The van der Waals surface area contributed by atoms with Crippen LogP contribution in [-0.4, -0.2) is 4.98 Å². The second-order valence-electron chi connectivity index (χ2n) is 2.45. The van der Waals surface area contributed by atoms with Crippen molar-refractivity contribution in [2.75, 3.05) is 0 Å². The maximum Gasteiger partial charge on any atom is 0.150 e. The summed E-state index contributed by atoms with van der Waals surface area (Å²) in [6.07, 6.45) is 1.65. The molecule has 0 saturated heterocycles. The minimum atomic E-state index is -0.548. The molecule has 1 nitrogen and oxygen atoms in total. The maximum absolute atomic E-state index is 13.0. The smallest absolute Gasteiger partial charge is 0.150 e. The highest BCUT2D eigenvalue weighted by Crippen LogP contribution is 2.23. The van der Waals surface area contributed by atoms with Crippen molar-refractivity contribution in [3.05, 3.63) is 33.5 Å². The molecule has 0 aliphatic carbocycles. The lowest BCUT2D eigenvalue weighted by Crippen LogP contribution is -1.81. The average molecular weight is 279 g/mol. The molecule has 0 unspecified atom stereocenters. The highest BCUT2D eigenvalue weighted by atomic mass is 127. The molecule has 0 amide bonds. The molecule has 12 heavy (non-hydrogen) atoms. The lowest BCUT2D eigenvalue weighted by molar-refractivity contribution is 0.591. The van der Waals surface area contributed by atoms with E-state index in [1.807, 2.05) is 22.6 Å². The third kappa shape index (κ3) is 1.10. The molecule has 1 heterocycles. The van der Waals surface area contributed by atoms with E-state index in [1.54, 1.807) is 6.20 Å². The van der Waals surface area contributed by atoms with E-state index in [0.29, 0.717) is 10.9 Å². The molecule has 2 aromatic rings. The van der Waals surface area contributed by atoms with Crippen LogP contribution in [-0.2, 0) is 0 Å². The monoisotopic (exact) mass is 279 g/mol. The Hall–Kier alpha value is -0.650.